The van der Waals surface area contributed by atoms with Gasteiger partial charge in [0.15, 0.2) is 4.80 Å². The molecule has 1 atom stereocenters. The summed E-state index contributed by atoms with van der Waals surface area (Å²) in [5.41, 5.74) is 3.40. The third-order valence-electron chi connectivity index (χ3n) is 4.00. The van der Waals surface area contributed by atoms with Gasteiger partial charge < -0.3 is 9.67 Å². The standard InChI is InChI=1S/C16H20N2OS.BrH/c1-11-6-8-12(9-7-11)14(19)10-18-13-4-2-3-5-15(13)20-16(18)17;/h6-9,14,17,19H,2-5,10H2,1H3;1H. The molecule has 1 aliphatic rings. The topological polar surface area (TPSA) is 49.0 Å². The van der Waals surface area contributed by atoms with E-state index in [0.29, 0.717) is 11.3 Å². The van der Waals surface area contributed by atoms with Gasteiger partial charge in [0.1, 0.15) is 0 Å². The summed E-state index contributed by atoms with van der Waals surface area (Å²) in [4.78, 5) is 1.92. The zero-order valence-corrected chi connectivity index (χ0v) is 14.7. The van der Waals surface area contributed by atoms with Gasteiger partial charge in [-0.05, 0) is 38.2 Å². The van der Waals surface area contributed by atoms with Gasteiger partial charge >= 0.3 is 0 Å². The Labute approximate surface area is 139 Å². The van der Waals surface area contributed by atoms with Crippen molar-refractivity contribution in [2.45, 2.75) is 45.3 Å². The molecule has 0 radical (unpaired) electrons. The molecule has 3 rings (SSSR count). The van der Waals surface area contributed by atoms with Gasteiger partial charge in [0.05, 0.1) is 12.6 Å². The van der Waals surface area contributed by atoms with E-state index in [1.807, 2.05) is 35.8 Å². The van der Waals surface area contributed by atoms with E-state index in [1.165, 1.54) is 29.0 Å². The molecular weight excluding hydrogens is 348 g/mol. The number of hydrogen-bond donors (Lipinski definition) is 2. The van der Waals surface area contributed by atoms with E-state index < -0.39 is 6.10 Å². The molecule has 1 aliphatic carbocycles. The van der Waals surface area contributed by atoms with Crippen molar-refractivity contribution < 1.29 is 5.11 Å². The second-order valence-corrected chi connectivity index (χ2v) is 6.60. The lowest BCUT2D eigenvalue weighted by Gasteiger charge is -2.17. The number of nitrogens with zero attached hydrogens (tertiary/aromatic N) is 1. The summed E-state index contributed by atoms with van der Waals surface area (Å²) in [5.74, 6) is 0. The molecule has 3 nitrogen and oxygen atoms in total. The average molecular weight is 369 g/mol. The maximum absolute atomic E-state index is 10.4. The highest BCUT2D eigenvalue weighted by Crippen LogP contribution is 2.25. The van der Waals surface area contributed by atoms with Crippen LogP contribution >= 0.6 is 28.3 Å². The minimum atomic E-state index is -0.537. The van der Waals surface area contributed by atoms with Crippen molar-refractivity contribution >= 4 is 28.3 Å². The molecule has 2 N–H and O–H groups in total. The summed E-state index contributed by atoms with van der Waals surface area (Å²) in [6.45, 7) is 2.54. The first kappa shape index (κ1) is 16.5. The first-order valence-electron chi connectivity index (χ1n) is 7.16. The molecule has 0 saturated carbocycles. The maximum atomic E-state index is 10.4. The number of hydrogen-bond acceptors (Lipinski definition) is 3. The predicted octanol–water partition coefficient (Wildman–Crippen LogP) is 3.53. The highest BCUT2D eigenvalue weighted by molar-refractivity contribution is 8.93. The van der Waals surface area contributed by atoms with Crippen molar-refractivity contribution in [1.82, 2.24) is 4.57 Å². The summed E-state index contributed by atoms with van der Waals surface area (Å²) in [6, 6.07) is 7.99. The normalized spacial score (nSPS) is 15.1. The fourth-order valence-corrected chi connectivity index (χ4v) is 3.92. The number of fused-ring (bicyclic) bond motifs is 1. The third-order valence-corrected chi connectivity index (χ3v) is 5.10. The molecule has 0 aliphatic heterocycles. The van der Waals surface area contributed by atoms with Gasteiger partial charge in [-0.15, -0.1) is 28.3 Å². The number of aryl methyl sites for hydroxylation is 2. The average Bonchev–Trinajstić information content (AvgIpc) is 2.76. The summed E-state index contributed by atoms with van der Waals surface area (Å²) in [5, 5.41) is 18.5. The SMILES string of the molecule is Br.Cc1ccc(C(O)Cn2c3c(sc2=N)CCCC3)cc1. The molecule has 2 aromatic rings. The molecule has 0 spiro atoms. The Kier molecular flexibility index (Phi) is 5.41. The molecular formula is C16H21BrN2OS. The lowest BCUT2D eigenvalue weighted by molar-refractivity contribution is 0.154. The van der Waals surface area contributed by atoms with Crippen LogP contribution in [0, 0.1) is 12.3 Å². The third kappa shape index (κ3) is 3.47. The molecule has 114 valence electrons. The van der Waals surface area contributed by atoms with E-state index in [1.54, 1.807) is 11.3 Å². The molecule has 1 unspecified atom stereocenters. The number of benzene rings is 1. The van der Waals surface area contributed by atoms with Gasteiger partial charge in [-0.2, -0.15) is 0 Å². The van der Waals surface area contributed by atoms with Crippen LogP contribution in [0.1, 0.15) is 40.6 Å². The van der Waals surface area contributed by atoms with Gasteiger partial charge in [-0.3, -0.25) is 5.41 Å². The Morgan fingerprint density at radius 1 is 1.24 bits per heavy atom. The van der Waals surface area contributed by atoms with Crippen LogP contribution < -0.4 is 4.80 Å². The van der Waals surface area contributed by atoms with E-state index in [-0.39, 0.29) is 17.0 Å². The number of thiazole rings is 1. The highest BCUT2D eigenvalue weighted by Gasteiger charge is 2.19. The number of rotatable bonds is 3. The van der Waals surface area contributed by atoms with Crippen molar-refractivity contribution in [3.05, 3.63) is 50.8 Å². The first-order valence-corrected chi connectivity index (χ1v) is 7.97. The van der Waals surface area contributed by atoms with Crippen molar-refractivity contribution in [2.24, 2.45) is 0 Å². The predicted molar refractivity (Wildman–Crippen MR) is 91.3 cm³/mol. The molecule has 0 fully saturated rings. The zero-order valence-electron chi connectivity index (χ0n) is 12.1. The quantitative estimate of drug-likeness (QED) is 0.855. The number of aromatic nitrogens is 1. The fourth-order valence-electron chi connectivity index (χ4n) is 2.81. The molecule has 1 aromatic heterocycles. The molecule has 21 heavy (non-hydrogen) atoms. The minimum Gasteiger partial charge on any atom is -0.387 e. The first-order chi connectivity index (χ1) is 9.65. The zero-order chi connectivity index (χ0) is 14.1. The smallest absolute Gasteiger partial charge is 0.182 e. The lowest BCUT2D eigenvalue weighted by atomic mass is 10.0. The van der Waals surface area contributed by atoms with Crippen LogP contribution in [-0.4, -0.2) is 9.67 Å². The molecule has 0 amide bonds. The highest BCUT2D eigenvalue weighted by atomic mass is 79.9. The van der Waals surface area contributed by atoms with Crippen LogP contribution in [0.3, 0.4) is 0 Å². The van der Waals surface area contributed by atoms with Crippen LogP contribution in [-0.2, 0) is 19.4 Å². The number of aliphatic hydroxyl groups is 1. The Balaban J connectivity index is 0.00000161. The molecule has 5 heteroatoms. The van der Waals surface area contributed by atoms with Crippen LogP contribution in [0.2, 0.25) is 0 Å². The number of halogens is 1. The van der Waals surface area contributed by atoms with E-state index in [0.717, 1.165) is 18.4 Å². The Morgan fingerprint density at radius 3 is 2.62 bits per heavy atom. The van der Waals surface area contributed by atoms with E-state index in [9.17, 15) is 5.11 Å². The van der Waals surface area contributed by atoms with E-state index >= 15 is 0 Å². The fraction of sp³-hybridized carbons (Fsp3) is 0.438. The largest absolute Gasteiger partial charge is 0.387 e. The van der Waals surface area contributed by atoms with E-state index in [4.69, 9.17) is 5.41 Å². The maximum Gasteiger partial charge on any atom is 0.182 e. The molecule has 0 saturated heterocycles. The van der Waals surface area contributed by atoms with Gasteiger partial charge in [0, 0.05) is 10.6 Å². The van der Waals surface area contributed by atoms with Gasteiger partial charge in [-0.1, -0.05) is 29.8 Å². The second-order valence-electron chi connectivity index (χ2n) is 5.52. The summed E-state index contributed by atoms with van der Waals surface area (Å²) >= 11 is 1.57. The van der Waals surface area contributed by atoms with Crippen LogP contribution in [0.15, 0.2) is 24.3 Å². The summed E-state index contributed by atoms with van der Waals surface area (Å²) in [6.07, 6.45) is 4.03. The van der Waals surface area contributed by atoms with Crippen molar-refractivity contribution in [1.29, 1.82) is 5.41 Å². The van der Waals surface area contributed by atoms with Crippen molar-refractivity contribution in [3.8, 4) is 0 Å². The number of aliphatic hydroxyl groups excluding tert-OH is 1. The Morgan fingerprint density at radius 2 is 1.90 bits per heavy atom. The van der Waals surface area contributed by atoms with Gasteiger partial charge in [-0.25, -0.2) is 0 Å². The molecule has 1 aromatic carbocycles. The van der Waals surface area contributed by atoms with Crippen LogP contribution in [0.25, 0.3) is 0 Å². The van der Waals surface area contributed by atoms with Gasteiger partial charge in [0.2, 0.25) is 0 Å². The Bertz CT molecular complexity index is 660. The van der Waals surface area contributed by atoms with Crippen LogP contribution in [0.5, 0.6) is 0 Å². The van der Waals surface area contributed by atoms with E-state index in [2.05, 4.69) is 0 Å². The summed E-state index contributed by atoms with van der Waals surface area (Å²) in [7, 11) is 0. The monoisotopic (exact) mass is 368 g/mol. The lowest BCUT2D eigenvalue weighted by Crippen LogP contribution is -2.21. The van der Waals surface area contributed by atoms with Gasteiger partial charge in [0.25, 0.3) is 0 Å². The molecule has 0 bridgehead atoms. The second kappa shape index (κ2) is 6.90. The van der Waals surface area contributed by atoms with Crippen molar-refractivity contribution in [2.75, 3.05) is 0 Å². The minimum absolute atomic E-state index is 0. The molecule has 1 heterocycles. The van der Waals surface area contributed by atoms with Crippen LogP contribution in [0.4, 0.5) is 0 Å². The number of nitrogens with one attached hydrogen (secondary N) is 1. The van der Waals surface area contributed by atoms with Crippen molar-refractivity contribution in [3.63, 3.8) is 0 Å². The summed E-state index contributed by atoms with van der Waals surface area (Å²) < 4.78 is 2.00. The Hall–Kier alpha value is -0.910.